The summed E-state index contributed by atoms with van der Waals surface area (Å²) in [5.74, 6) is 0. The molecule has 1 saturated heterocycles. The Kier molecular flexibility index (Phi) is 2.30. The van der Waals surface area contributed by atoms with E-state index in [9.17, 15) is 0 Å². The normalized spacial score (nSPS) is 28.9. The monoisotopic (exact) mass is 114 g/mol. The molecular weight excluding hydrogens is 102 g/mol. The maximum Gasteiger partial charge on any atom is 0.1000 e. The molecule has 0 aromatic rings. The minimum atomic E-state index is 0.514. The summed E-state index contributed by atoms with van der Waals surface area (Å²) < 4.78 is 4.84. The predicted molar refractivity (Wildman–Crippen MR) is 32.3 cm³/mol. The van der Waals surface area contributed by atoms with Crippen molar-refractivity contribution in [1.82, 2.24) is 5.32 Å². The lowest BCUT2D eigenvalue weighted by Gasteiger charge is -2.04. The van der Waals surface area contributed by atoms with Crippen LogP contribution in [0.5, 0.6) is 0 Å². The summed E-state index contributed by atoms with van der Waals surface area (Å²) in [4.78, 5) is 0. The Bertz CT molecular complexity index is 59.5. The molecule has 0 aromatic carbocycles. The highest BCUT2D eigenvalue weighted by Gasteiger charge is 2.12. The van der Waals surface area contributed by atoms with Gasteiger partial charge in [-0.25, -0.2) is 0 Å². The van der Waals surface area contributed by atoms with Gasteiger partial charge in [0.1, 0.15) is 0 Å². The lowest BCUT2D eigenvalue weighted by molar-refractivity contribution is 0.245. The van der Waals surface area contributed by atoms with E-state index in [0.29, 0.717) is 6.04 Å². The van der Waals surface area contributed by atoms with Crippen LogP contribution in [0.2, 0.25) is 0 Å². The molecule has 0 aliphatic carbocycles. The molecule has 1 aliphatic heterocycles. The molecular formula is C6H12NO. The second kappa shape index (κ2) is 3.05. The molecule has 1 heterocycles. The van der Waals surface area contributed by atoms with Crippen LogP contribution in [0.1, 0.15) is 12.8 Å². The molecule has 1 radical (unpaired) electrons. The summed E-state index contributed by atoms with van der Waals surface area (Å²) in [5, 5.41) is 3.28. The van der Waals surface area contributed by atoms with Gasteiger partial charge in [0.15, 0.2) is 0 Å². The fourth-order valence-electron chi connectivity index (χ4n) is 0.992. The molecule has 1 N–H and O–H groups in total. The molecule has 1 rings (SSSR count). The Balaban J connectivity index is 2.06. The number of methoxy groups -OCH3 is 1. The van der Waals surface area contributed by atoms with Crippen LogP contribution in [-0.4, -0.2) is 19.7 Å². The van der Waals surface area contributed by atoms with Gasteiger partial charge in [-0.15, -0.1) is 0 Å². The Morgan fingerprint density at radius 1 is 1.75 bits per heavy atom. The van der Waals surface area contributed by atoms with Gasteiger partial charge in [-0.2, -0.15) is 0 Å². The predicted octanol–water partition coefficient (Wildman–Crippen LogP) is 0.547. The first-order chi connectivity index (χ1) is 3.93. The van der Waals surface area contributed by atoms with Gasteiger partial charge in [-0.1, -0.05) is 0 Å². The third kappa shape index (κ3) is 1.46. The zero-order valence-corrected chi connectivity index (χ0v) is 5.18. The molecule has 1 fully saturated rings. The van der Waals surface area contributed by atoms with Crippen LogP contribution >= 0.6 is 0 Å². The molecule has 1 atom stereocenters. The summed E-state index contributed by atoms with van der Waals surface area (Å²) in [7, 11) is 1.69. The second-order valence-electron chi connectivity index (χ2n) is 2.07. The number of hydrogen-bond acceptors (Lipinski definition) is 2. The smallest absolute Gasteiger partial charge is 0.1000 e. The van der Waals surface area contributed by atoms with Crippen LogP contribution in [0.4, 0.5) is 0 Å². The van der Waals surface area contributed by atoms with Gasteiger partial charge >= 0.3 is 0 Å². The minimum absolute atomic E-state index is 0.514. The fraction of sp³-hybridized carbons (Fsp3) is 0.833. The van der Waals surface area contributed by atoms with Crippen LogP contribution in [0.3, 0.4) is 0 Å². The summed E-state index contributed by atoms with van der Waals surface area (Å²) in [6, 6.07) is 0.514. The van der Waals surface area contributed by atoms with Gasteiger partial charge in [0.05, 0.1) is 6.61 Å². The van der Waals surface area contributed by atoms with Gasteiger partial charge in [-0.3, -0.25) is 0 Å². The van der Waals surface area contributed by atoms with Crippen LogP contribution < -0.4 is 5.32 Å². The van der Waals surface area contributed by atoms with Crippen LogP contribution in [0.25, 0.3) is 0 Å². The lowest BCUT2D eigenvalue weighted by atomic mass is 10.2. The molecule has 0 unspecified atom stereocenters. The summed E-state index contributed by atoms with van der Waals surface area (Å²) in [6.07, 6.45) is 2.51. The third-order valence-corrected chi connectivity index (χ3v) is 1.40. The van der Waals surface area contributed by atoms with Crippen molar-refractivity contribution >= 4 is 0 Å². The van der Waals surface area contributed by atoms with Crippen LogP contribution in [0.15, 0.2) is 0 Å². The van der Waals surface area contributed by atoms with E-state index in [4.69, 9.17) is 4.74 Å². The SMILES string of the molecule is CO[CH][C@@H]1CCCN1. The first-order valence-electron chi connectivity index (χ1n) is 3.03. The molecule has 0 aromatic heterocycles. The van der Waals surface area contributed by atoms with Gasteiger partial charge in [0, 0.05) is 13.2 Å². The maximum absolute atomic E-state index is 4.84. The van der Waals surface area contributed by atoms with Crippen molar-refractivity contribution in [2.24, 2.45) is 0 Å². The van der Waals surface area contributed by atoms with Crippen molar-refractivity contribution in [2.75, 3.05) is 13.7 Å². The lowest BCUT2D eigenvalue weighted by Crippen LogP contribution is -2.21. The topological polar surface area (TPSA) is 21.3 Å². The number of hydrogen-bond donors (Lipinski definition) is 1. The Morgan fingerprint density at radius 3 is 3.12 bits per heavy atom. The average Bonchev–Trinajstić information content (AvgIpc) is 2.19. The molecule has 0 amide bonds. The van der Waals surface area contributed by atoms with Crippen molar-refractivity contribution in [3.05, 3.63) is 6.61 Å². The van der Waals surface area contributed by atoms with E-state index in [1.807, 2.05) is 6.61 Å². The van der Waals surface area contributed by atoms with Crippen molar-refractivity contribution in [1.29, 1.82) is 0 Å². The Morgan fingerprint density at radius 2 is 2.62 bits per heavy atom. The molecule has 2 nitrogen and oxygen atoms in total. The second-order valence-corrected chi connectivity index (χ2v) is 2.07. The Labute approximate surface area is 50.2 Å². The zero-order chi connectivity index (χ0) is 5.82. The molecule has 8 heavy (non-hydrogen) atoms. The van der Waals surface area contributed by atoms with Crippen molar-refractivity contribution in [2.45, 2.75) is 18.9 Å². The minimum Gasteiger partial charge on any atom is -0.377 e. The quantitative estimate of drug-likeness (QED) is 0.566. The molecule has 0 spiro atoms. The van der Waals surface area contributed by atoms with E-state index in [0.717, 1.165) is 6.54 Å². The fourth-order valence-corrected chi connectivity index (χ4v) is 0.992. The third-order valence-electron chi connectivity index (χ3n) is 1.40. The van der Waals surface area contributed by atoms with E-state index in [1.165, 1.54) is 12.8 Å². The molecule has 1 aliphatic rings. The van der Waals surface area contributed by atoms with Crippen molar-refractivity contribution in [3.63, 3.8) is 0 Å². The summed E-state index contributed by atoms with van der Waals surface area (Å²) in [6.45, 7) is 3.00. The molecule has 2 heteroatoms. The Hall–Kier alpha value is -0.0800. The van der Waals surface area contributed by atoms with Gasteiger partial charge in [0.2, 0.25) is 0 Å². The van der Waals surface area contributed by atoms with E-state index in [-0.39, 0.29) is 0 Å². The largest absolute Gasteiger partial charge is 0.377 e. The van der Waals surface area contributed by atoms with Crippen molar-refractivity contribution < 1.29 is 4.74 Å². The summed E-state index contributed by atoms with van der Waals surface area (Å²) >= 11 is 0. The molecule has 47 valence electrons. The van der Waals surface area contributed by atoms with E-state index < -0.39 is 0 Å². The van der Waals surface area contributed by atoms with E-state index in [2.05, 4.69) is 5.32 Å². The van der Waals surface area contributed by atoms with Crippen LogP contribution in [0, 0.1) is 6.61 Å². The van der Waals surface area contributed by atoms with Gasteiger partial charge in [-0.05, 0) is 19.4 Å². The highest BCUT2D eigenvalue weighted by atomic mass is 16.5. The molecule has 0 saturated carbocycles. The molecule has 0 bridgehead atoms. The standard InChI is InChI=1S/C6H12NO/c1-8-5-6-3-2-4-7-6/h5-7H,2-4H2,1H3/t6-/m0/s1. The zero-order valence-electron chi connectivity index (χ0n) is 5.18. The van der Waals surface area contributed by atoms with Crippen molar-refractivity contribution in [3.8, 4) is 0 Å². The highest BCUT2D eigenvalue weighted by molar-refractivity contribution is 4.80. The maximum atomic E-state index is 4.84. The van der Waals surface area contributed by atoms with Gasteiger partial charge in [0.25, 0.3) is 0 Å². The summed E-state index contributed by atoms with van der Waals surface area (Å²) in [5.41, 5.74) is 0. The average molecular weight is 114 g/mol. The van der Waals surface area contributed by atoms with E-state index >= 15 is 0 Å². The number of rotatable bonds is 2. The number of ether oxygens (including phenoxy) is 1. The van der Waals surface area contributed by atoms with Gasteiger partial charge < -0.3 is 10.1 Å². The highest BCUT2D eigenvalue weighted by Crippen LogP contribution is 2.06. The first kappa shape index (κ1) is 6.05. The first-order valence-corrected chi connectivity index (χ1v) is 3.03. The van der Waals surface area contributed by atoms with Crippen LogP contribution in [-0.2, 0) is 4.74 Å². The number of nitrogens with one attached hydrogen (secondary N) is 1. The van der Waals surface area contributed by atoms with E-state index in [1.54, 1.807) is 7.11 Å².